The molecule has 0 aliphatic carbocycles. The zero-order chi connectivity index (χ0) is 42.8. The van der Waals surface area contributed by atoms with Gasteiger partial charge < -0.3 is 14.4 Å². The predicted octanol–water partition coefficient (Wildman–Crippen LogP) is 17.3. The molecule has 65 heavy (non-hydrogen) atoms. The second kappa shape index (κ2) is 15.0. The van der Waals surface area contributed by atoms with Crippen LogP contribution >= 0.6 is 0 Å². The van der Waals surface area contributed by atoms with Gasteiger partial charge in [0.05, 0.1) is 28.1 Å². The van der Waals surface area contributed by atoms with E-state index >= 15 is 0 Å². The summed E-state index contributed by atoms with van der Waals surface area (Å²) in [7, 11) is 0. The number of para-hydroxylation sites is 3. The molecule has 2 heterocycles. The molecule has 0 spiro atoms. The number of anilines is 6. The van der Waals surface area contributed by atoms with Gasteiger partial charge in [-0.25, -0.2) is 0 Å². The highest BCUT2D eigenvalue weighted by molar-refractivity contribution is 6.15. The van der Waals surface area contributed by atoms with Gasteiger partial charge in [0.15, 0.2) is 0 Å². The summed E-state index contributed by atoms with van der Waals surface area (Å²) >= 11 is 0. The van der Waals surface area contributed by atoms with Crippen molar-refractivity contribution < 1.29 is 0 Å². The van der Waals surface area contributed by atoms with Crippen LogP contribution in [0, 0.1) is 0 Å². The first kappa shape index (κ1) is 36.9. The van der Waals surface area contributed by atoms with Crippen molar-refractivity contribution in [3.8, 4) is 39.1 Å². The zero-order valence-electron chi connectivity index (χ0n) is 35.5. The molecule has 0 bridgehead atoms. The number of aromatic nitrogens is 1. The summed E-state index contributed by atoms with van der Waals surface area (Å²) in [6, 6.07) is 90.8. The first-order valence-electron chi connectivity index (χ1n) is 22.3. The molecule has 0 saturated carbocycles. The summed E-state index contributed by atoms with van der Waals surface area (Å²) in [5.41, 5.74) is 17.6. The predicted molar refractivity (Wildman–Crippen MR) is 275 cm³/mol. The van der Waals surface area contributed by atoms with Gasteiger partial charge in [0.25, 0.3) is 0 Å². The van der Waals surface area contributed by atoms with Crippen molar-refractivity contribution in [1.82, 2.24) is 4.57 Å². The maximum Gasteiger partial charge on any atom is 0.0546 e. The molecule has 3 nitrogen and oxygen atoms in total. The highest BCUT2D eigenvalue weighted by Crippen LogP contribution is 2.52. The number of benzene rings is 11. The van der Waals surface area contributed by atoms with Gasteiger partial charge in [-0.15, -0.1) is 0 Å². The molecule has 13 rings (SSSR count). The van der Waals surface area contributed by atoms with Gasteiger partial charge in [-0.2, -0.15) is 0 Å². The van der Waals surface area contributed by atoms with Crippen molar-refractivity contribution in [3.63, 3.8) is 0 Å². The standard InChI is InChI=1S/C62H41N3/c1-4-16-43(17-5-1)50-37-39-58(52-25-11-10-24-51(50)52)63(49-35-38-59-56(41-49)53-26-12-13-28-57(53)64(59)46-20-6-2-7-21-46)48-33-30-42(31-34-48)45-32-36-54-55-27-14-18-44-19-15-29-60(62(44)55)65(61(54)40-45)47-22-8-3-9-23-47/h1-41H. The minimum absolute atomic E-state index is 1.09. The summed E-state index contributed by atoms with van der Waals surface area (Å²) in [6.07, 6.45) is 0. The Morgan fingerprint density at radius 1 is 0.308 bits per heavy atom. The molecule has 0 N–H and O–H groups in total. The van der Waals surface area contributed by atoms with Crippen molar-refractivity contribution in [3.05, 3.63) is 249 Å². The second-order valence-corrected chi connectivity index (χ2v) is 16.9. The molecule has 0 saturated heterocycles. The molecular weight excluding hydrogens is 787 g/mol. The average molecular weight is 828 g/mol. The van der Waals surface area contributed by atoms with Crippen LogP contribution < -0.4 is 9.80 Å². The van der Waals surface area contributed by atoms with Crippen molar-refractivity contribution >= 4 is 77.5 Å². The Bertz CT molecular complexity index is 3750. The zero-order valence-corrected chi connectivity index (χ0v) is 35.5. The normalized spacial score (nSPS) is 12.0. The molecule has 0 amide bonds. The van der Waals surface area contributed by atoms with Gasteiger partial charge in [0.2, 0.25) is 0 Å². The van der Waals surface area contributed by atoms with E-state index in [-0.39, 0.29) is 0 Å². The molecule has 1 aliphatic heterocycles. The summed E-state index contributed by atoms with van der Waals surface area (Å²) < 4.78 is 2.38. The molecule has 0 radical (unpaired) electrons. The molecule has 3 heteroatoms. The van der Waals surface area contributed by atoms with E-state index in [1.54, 1.807) is 0 Å². The molecule has 0 fully saturated rings. The highest BCUT2D eigenvalue weighted by Gasteiger charge is 2.27. The lowest BCUT2D eigenvalue weighted by molar-refractivity contribution is 1.18. The fourth-order valence-corrected chi connectivity index (χ4v) is 10.4. The lowest BCUT2D eigenvalue weighted by atomic mass is 9.89. The monoisotopic (exact) mass is 827 g/mol. The summed E-state index contributed by atoms with van der Waals surface area (Å²) in [4.78, 5) is 4.87. The van der Waals surface area contributed by atoms with E-state index in [0.29, 0.717) is 0 Å². The highest BCUT2D eigenvalue weighted by atomic mass is 15.2. The number of hydrogen-bond donors (Lipinski definition) is 0. The Morgan fingerprint density at radius 2 is 0.923 bits per heavy atom. The van der Waals surface area contributed by atoms with E-state index in [9.17, 15) is 0 Å². The maximum atomic E-state index is 2.44. The van der Waals surface area contributed by atoms with E-state index in [0.717, 1.165) is 34.0 Å². The number of nitrogens with zero attached hydrogens (tertiary/aromatic N) is 3. The van der Waals surface area contributed by atoms with Gasteiger partial charge in [-0.3, -0.25) is 0 Å². The third-order valence-corrected chi connectivity index (χ3v) is 13.3. The van der Waals surface area contributed by atoms with Crippen LogP contribution in [0.1, 0.15) is 0 Å². The minimum Gasteiger partial charge on any atom is -0.310 e. The van der Waals surface area contributed by atoms with Crippen LogP contribution in [0.5, 0.6) is 0 Å². The molecule has 12 aromatic rings. The largest absolute Gasteiger partial charge is 0.310 e. The summed E-state index contributed by atoms with van der Waals surface area (Å²) in [5.74, 6) is 0. The van der Waals surface area contributed by atoms with Crippen LogP contribution in [0.2, 0.25) is 0 Å². The molecule has 304 valence electrons. The van der Waals surface area contributed by atoms with Crippen LogP contribution in [-0.2, 0) is 0 Å². The average Bonchev–Trinajstić information content (AvgIpc) is 3.71. The third kappa shape index (κ3) is 5.97. The maximum absolute atomic E-state index is 2.44. The van der Waals surface area contributed by atoms with Crippen LogP contribution in [0.4, 0.5) is 34.1 Å². The van der Waals surface area contributed by atoms with Gasteiger partial charge in [0.1, 0.15) is 0 Å². The van der Waals surface area contributed by atoms with Crippen molar-refractivity contribution in [2.75, 3.05) is 9.80 Å². The SMILES string of the molecule is c1ccc(-c2ccc(N(c3ccc(-c4ccc5c(c4)N(c4ccccc4)c4cccc6cccc-5c46)cc3)c3ccc4c(c3)c3ccccc3n4-c3ccccc3)c3ccccc23)cc1. The molecular formula is C62H41N3. The minimum atomic E-state index is 1.09. The van der Waals surface area contributed by atoms with Gasteiger partial charge >= 0.3 is 0 Å². The first-order chi connectivity index (χ1) is 32.3. The Hall–Kier alpha value is -8.66. The van der Waals surface area contributed by atoms with Crippen LogP contribution in [-0.4, -0.2) is 4.57 Å². The van der Waals surface area contributed by atoms with E-state index in [2.05, 4.69) is 263 Å². The molecule has 11 aromatic carbocycles. The molecule has 1 aliphatic rings. The first-order valence-corrected chi connectivity index (χ1v) is 22.3. The Balaban J connectivity index is 0.981. The van der Waals surface area contributed by atoms with Crippen LogP contribution in [0.25, 0.3) is 82.4 Å². The number of rotatable bonds is 7. The quantitative estimate of drug-likeness (QED) is 0.159. The Kier molecular flexibility index (Phi) is 8.53. The number of hydrogen-bond acceptors (Lipinski definition) is 2. The Labute approximate surface area is 377 Å². The Morgan fingerprint density at radius 3 is 1.71 bits per heavy atom. The van der Waals surface area contributed by atoms with E-state index in [4.69, 9.17) is 0 Å². The molecule has 0 atom stereocenters. The van der Waals surface area contributed by atoms with E-state index in [1.807, 2.05) is 0 Å². The van der Waals surface area contributed by atoms with Crippen LogP contribution in [0.3, 0.4) is 0 Å². The van der Waals surface area contributed by atoms with Crippen LogP contribution in [0.15, 0.2) is 249 Å². The fourth-order valence-electron chi connectivity index (χ4n) is 10.4. The summed E-state index contributed by atoms with van der Waals surface area (Å²) in [5, 5.41) is 7.38. The van der Waals surface area contributed by atoms with E-state index < -0.39 is 0 Å². The topological polar surface area (TPSA) is 11.4 Å². The van der Waals surface area contributed by atoms with Gasteiger partial charge in [0, 0.05) is 49.9 Å². The van der Waals surface area contributed by atoms with Gasteiger partial charge in [-0.05, 0) is 117 Å². The fraction of sp³-hybridized carbons (Fsp3) is 0. The van der Waals surface area contributed by atoms with Crippen molar-refractivity contribution in [1.29, 1.82) is 0 Å². The second-order valence-electron chi connectivity index (χ2n) is 16.9. The lowest BCUT2D eigenvalue weighted by Gasteiger charge is -2.34. The lowest BCUT2D eigenvalue weighted by Crippen LogP contribution is -2.15. The smallest absolute Gasteiger partial charge is 0.0546 e. The van der Waals surface area contributed by atoms with E-state index in [1.165, 1.54) is 82.5 Å². The molecule has 0 unspecified atom stereocenters. The van der Waals surface area contributed by atoms with Crippen molar-refractivity contribution in [2.24, 2.45) is 0 Å². The number of fused-ring (bicyclic) bond motifs is 6. The summed E-state index contributed by atoms with van der Waals surface area (Å²) in [6.45, 7) is 0. The van der Waals surface area contributed by atoms with Gasteiger partial charge in [-0.1, -0.05) is 170 Å². The third-order valence-electron chi connectivity index (χ3n) is 13.3. The van der Waals surface area contributed by atoms with Crippen molar-refractivity contribution in [2.45, 2.75) is 0 Å². The molecule has 1 aromatic heterocycles.